The molecule has 0 unspecified atom stereocenters. The molecule has 0 bridgehead atoms. The van der Waals surface area contributed by atoms with Crippen molar-refractivity contribution in [2.75, 3.05) is 4.90 Å². The lowest BCUT2D eigenvalue weighted by Crippen LogP contribution is -2.29. The van der Waals surface area contributed by atoms with Crippen LogP contribution in [0.3, 0.4) is 0 Å². The summed E-state index contributed by atoms with van der Waals surface area (Å²) in [6.07, 6.45) is 25.6. The van der Waals surface area contributed by atoms with Crippen LogP contribution in [-0.2, 0) is 10.8 Å². The van der Waals surface area contributed by atoms with Crippen LogP contribution in [0.5, 0.6) is 0 Å². The molecular weight excluding hydrogens is 819 g/mol. The summed E-state index contributed by atoms with van der Waals surface area (Å²) in [5, 5.41) is 0. The second-order valence-electron chi connectivity index (χ2n) is 19.4. The molecule has 0 saturated carbocycles. The zero-order chi connectivity index (χ0) is 46.6. The third-order valence-electron chi connectivity index (χ3n) is 15.4. The fourth-order valence-corrected chi connectivity index (χ4v) is 12.3. The minimum absolute atomic E-state index is 0.0871. The van der Waals surface area contributed by atoms with Gasteiger partial charge in [0.15, 0.2) is 0 Å². The molecule has 11 rings (SSSR count). The fraction of sp³-hybridized carbons (Fsp3) is 0.164. The molecule has 5 aliphatic rings. The number of nitrogens with zero attached hydrogens (tertiary/aromatic N) is 1. The second kappa shape index (κ2) is 17.3. The van der Waals surface area contributed by atoms with Gasteiger partial charge in [-0.2, -0.15) is 0 Å². The third-order valence-corrected chi connectivity index (χ3v) is 15.4. The van der Waals surface area contributed by atoms with E-state index in [4.69, 9.17) is 0 Å². The van der Waals surface area contributed by atoms with E-state index in [-0.39, 0.29) is 5.41 Å². The molecule has 6 aromatic carbocycles. The Morgan fingerprint density at radius 2 is 1.37 bits per heavy atom. The number of fused-ring (bicyclic) bond motifs is 3. The first-order valence-electron chi connectivity index (χ1n) is 24.5. The molecule has 0 amide bonds. The van der Waals surface area contributed by atoms with Crippen LogP contribution in [0, 0.1) is 0 Å². The predicted octanol–water partition coefficient (Wildman–Crippen LogP) is 18.0. The molecule has 1 nitrogen and oxygen atoms in total. The first-order valence-corrected chi connectivity index (χ1v) is 24.5. The summed E-state index contributed by atoms with van der Waals surface area (Å²) >= 11 is 0. The Kier molecular flexibility index (Phi) is 11.0. The maximum Gasteiger partial charge on any atom is 0.0713 e. The molecule has 0 spiro atoms. The van der Waals surface area contributed by atoms with Gasteiger partial charge < -0.3 is 4.90 Å². The summed E-state index contributed by atoms with van der Waals surface area (Å²) in [6.45, 7) is 18.1. The molecule has 0 atom stereocenters. The molecule has 332 valence electrons. The zero-order valence-electron chi connectivity index (χ0n) is 39.9. The normalized spacial score (nSPS) is 18.4. The van der Waals surface area contributed by atoms with Crippen molar-refractivity contribution < 1.29 is 0 Å². The van der Waals surface area contributed by atoms with Crippen LogP contribution in [0.15, 0.2) is 247 Å². The molecule has 1 heteroatoms. The van der Waals surface area contributed by atoms with Crippen molar-refractivity contribution in [3.63, 3.8) is 0 Å². The van der Waals surface area contributed by atoms with Crippen molar-refractivity contribution in [1.82, 2.24) is 0 Å². The molecule has 6 aromatic rings. The van der Waals surface area contributed by atoms with Crippen LogP contribution in [0.25, 0.3) is 27.8 Å². The molecular formula is C67H59N. The average Bonchev–Trinajstić information content (AvgIpc) is 3.96. The Bertz CT molecular complexity index is 3250. The van der Waals surface area contributed by atoms with Crippen LogP contribution < -0.4 is 4.90 Å². The maximum absolute atomic E-state index is 4.63. The van der Waals surface area contributed by atoms with Crippen LogP contribution in [0.2, 0.25) is 0 Å². The number of hydrogen-bond acceptors (Lipinski definition) is 1. The molecule has 0 saturated heterocycles. The summed E-state index contributed by atoms with van der Waals surface area (Å²) < 4.78 is 0. The third kappa shape index (κ3) is 6.74. The lowest BCUT2D eigenvalue weighted by Gasteiger charge is -2.34. The minimum atomic E-state index is -0.512. The van der Waals surface area contributed by atoms with Gasteiger partial charge in [-0.3, -0.25) is 0 Å². The summed E-state index contributed by atoms with van der Waals surface area (Å²) in [6, 6.07) is 54.5. The van der Waals surface area contributed by atoms with E-state index in [1.807, 2.05) is 0 Å². The van der Waals surface area contributed by atoms with Crippen molar-refractivity contribution in [2.24, 2.45) is 0 Å². The first-order chi connectivity index (χ1) is 33.3. The summed E-state index contributed by atoms with van der Waals surface area (Å²) in [5.41, 5.74) is 26.2. The average molecular weight is 878 g/mol. The van der Waals surface area contributed by atoms with Crippen LogP contribution in [0.1, 0.15) is 98.7 Å². The quantitative estimate of drug-likeness (QED) is 0.133. The van der Waals surface area contributed by atoms with Gasteiger partial charge in [0.1, 0.15) is 0 Å². The van der Waals surface area contributed by atoms with E-state index in [1.165, 1.54) is 106 Å². The Morgan fingerprint density at radius 3 is 2.07 bits per heavy atom. The second-order valence-corrected chi connectivity index (χ2v) is 19.4. The molecule has 0 aromatic heterocycles. The predicted molar refractivity (Wildman–Crippen MR) is 290 cm³/mol. The monoisotopic (exact) mass is 877 g/mol. The molecule has 68 heavy (non-hydrogen) atoms. The first kappa shape index (κ1) is 43.1. The van der Waals surface area contributed by atoms with Crippen molar-refractivity contribution in [3.05, 3.63) is 286 Å². The van der Waals surface area contributed by atoms with Gasteiger partial charge in [0.05, 0.1) is 11.1 Å². The van der Waals surface area contributed by atoms with E-state index in [0.717, 1.165) is 43.5 Å². The topological polar surface area (TPSA) is 3.24 Å². The van der Waals surface area contributed by atoms with Gasteiger partial charge in [-0.25, -0.2) is 0 Å². The highest BCUT2D eigenvalue weighted by atomic mass is 15.1. The number of hydrogen-bond donors (Lipinski definition) is 0. The van der Waals surface area contributed by atoms with Crippen molar-refractivity contribution in [3.8, 4) is 11.1 Å². The molecule has 0 heterocycles. The van der Waals surface area contributed by atoms with Crippen LogP contribution in [0.4, 0.5) is 17.1 Å². The Morgan fingerprint density at radius 1 is 0.662 bits per heavy atom. The number of benzene rings is 6. The highest BCUT2D eigenvalue weighted by molar-refractivity contribution is 5.96. The summed E-state index contributed by atoms with van der Waals surface area (Å²) in [7, 11) is 0. The van der Waals surface area contributed by atoms with Gasteiger partial charge >= 0.3 is 0 Å². The smallest absolute Gasteiger partial charge is 0.0713 e. The highest BCUT2D eigenvalue weighted by Crippen LogP contribution is 2.57. The SMILES string of the molecule is C=CC1=C(/C=C\C)c2cc(-c3cccc(N(c4ccc(C(/C=C\C)=C5\CC6=C(C=CCC6)C5=C)cc4)c4cccc5c4C4=C(C=CCC4)C5(C)C)c3)ccc2C1(c1ccccc1)c1ccccc1. The molecule has 0 N–H and O–H groups in total. The minimum Gasteiger partial charge on any atom is -0.310 e. The van der Waals surface area contributed by atoms with E-state index in [1.54, 1.807) is 0 Å². The van der Waals surface area contributed by atoms with E-state index in [9.17, 15) is 0 Å². The zero-order valence-corrected chi connectivity index (χ0v) is 39.9. The van der Waals surface area contributed by atoms with Gasteiger partial charge in [0.2, 0.25) is 0 Å². The molecule has 0 radical (unpaired) electrons. The molecule has 5 aliphatic carbocycles. The van der Waals surface area contributed by atoms with E-state index in [0.29, 0.717) is 0 Å². The molecule has 0 aliphatic heterocycles. The van der Waals surface area contributed by atoms with Crippen molar-refractivity contribution >= 4 is 33.8 Å². The Balaban J connectivity index is 1.07. The standard InChI is InChI=1S/C67H59N/c1-7-22-55(58-44-49-24-16-17-31-54(49)45(58)4)46-36-39-52(40-37-46)68(64-35-21-34-63-65(64)57-32-18-19-33-61(57)66(63,5)6)53-30-20-25-47(42-53)48-38-41-62-59(43-48)56(23-8-2)60(9-3)67(62,50-26-12-10-13-27-50)51-28-14-11-15-29-51/h7-15,17,19-23,25-31,33-43H,3-4,16,18,24,32,44H2,1-2,5-6H3/b22-7-,23-8-,58-55+. The van der Waals surface area contributed by atoms with Crippen LogP contribution >= 0.6 is 0 Å². The van der Waals surface area contributed by atoms with Gasteiger partial charge in [0, 0.05) is 22.4 Å². The lowest BCUT2D eigenvalue weighted by atomic mass is 9.67. The highest BCUT2D eigenvalue weighted by Gasteiger charge is 2.46. The number of allylic oxidation sites excluding steroid dienone is 18. The van der Waals surface area contributed by atoms with Crippen molar-refractivity contribution in [1.29, 1.82) is 0 Å². The largest absolute Gasteiger partial charge is 0.310 e. The molecule has 0 fully saturated rings. The van der Waals surface area contributed by atoms with Gasteiger partial charge in [0.25, 0.3) is 0 Å². The maximum atomic E-state index is 4.63. The van der Waals surface area contributed by atoms with E-state index < -0.39 is 5.41 Å². The van der Waals surface area contributed by atoms with Crippen molar-refractivity contribution in [2.45, 2.75) is 70.6 Å². The van der Waals surface area contributed by atoms with E-state index in [2.05, 4.69) is 246 Å². The summed E-state index contributed by atoms with van der Waals surface area (Å²) in [5.74, 6) is 0. The number of anilines is 3. The van der Waals surface area contributed by atoms with E-state index >= 15 is 0 Å². The lowest BCUT2D eigenvalue weighted by molar-refractivity contribution is 0.651. The van der Waals surface area contributed by atoms with Gasteiger partial charge in [-0.1, -0.05) is 196 Å². The Hall–Kier alpha value is -7.48. The van der Waals surface area contributed by atoms with Crippen LogP contribution in [-0.4, -0.2) is 0 Å². The van der Waals surface area contributed by atoms with Gasteiger partial charge in [-0.15, -0.1) is 0 Å². The Labute approximate surface area is 404 Å². The van der Waals surface area contributed by atoms with Gasteiger partial charge in [-0.05, 0) is 171 Å². The number of rotatable bonds is 10. The summed E-state index contributed by atoms with van der Waals surface area (Å²) in [4.78, 5) is 2.52. The fourth-order valence-electron chi connectivity index (χ4n) is 12.3.